The second-order valence-electron chi connectivity index (χ2n) is 6.54. The highest BCUT2D eigenvalue weighted by Crippen LogP contribution is 2.26. The Balaban J connectivity index is 2.03. The van der Waals surface area contributed by atoms with Gasteiger partial charge in [0, 0.05) is 5.73 Å². The largest absolute Gasteiger partial charge is 0.468 e. The first-order valence-electron chi connectivity index (χ1n) is 7.37. The Hall–Kier alpha value is -1.07. The maximum absolute atomic E-state index is 9.40. The van der Waals surface area contributed by atoms with E-state index in [1.165, 1.54) is 0 Å². The van der Waals surface area contributed by atoms with Gasteiger partial charge in [-0.15, -0.1) is 0 Å². The molecule has 2 rings (SSSR count). The predicted molar refractivity (Wildman–Crippen MR) is 94.1 cm³/mol. The van der Waals surface area contributed by atoms with Gasteiger partial charge in [0.25, 0.3) is 0 Å². The summed E-state index contributed by atoms with van der Waals surface area (Å²) in [6.45, 7) is 9.19. The van der Waals surface area contributed by atoms with Gasteiger partial charge in [-0.1, -0.05) is 49.4 Å². The molecular formula is C17H23ClO3Si. The van der Waals surface area contributed by atoms with Crippen molar-refractivity contribution in [2.75, 3.05) is 6.79 Å². The van der Waals surface area contributed by atoms with Gasteiger partial charge in [0.15, 0.2) is 12.4 Å². The van der Waals surface area contributed by atoms with E-state index in [0.29, 0.717) is 5.56 Å². The zero-order valence-electron chi connectivity index (χ0n) is 13.5. The van der Waals surface area contributed by atoms with E-state index in [1.807, 2.05) is 36.4 Å². The van der Waals surface area contributed by atoms with Crippen LogP contribution < -0.4 is 4.74 Å². The number of aliphatic hydroxyl groups is 1. The predicted octanol–water partition coefficient (Wildman–Crippen LogP) is 4.69. The average molecular weight is 339 g/mol. The molecular weight excluding hydrogens is 316 g/mol. The summed E-state index contributed by atoms with van der Waals surface area (Å²) < 4.78 is 11.4. The highest BCUT2D eigenvalue weighted by Gasteiger charge is 2.23. The molecule has 0 aliphatic heterocycles. The van der Waals surface area contributed by atoms with Crippen molar-refractivity contribution in [3.63, 3.8) is 0 Å². The smallest absolute Gasteiger partial charge is 0.188 e. The first-order valence-corrected chi connectivity index (χ1v) is 11.4. The zero-order chi connectivity index (χ0) is 16.3. The molecule has 2 aromatic carbocycles. The summed E-state index contributed by atoms with van der Waals surface area (Å²) >= 11 is 5.69. The third-order valence-corrected chi connectivity index (χ3v) is 6.73. The SMILES string of the molecule is CC(OCOc1ccc2cc(C(O)Cl)ccc2c1)[Si](C)(C)C. The van der Waals surface area contributed by atoms with Gasteiger partial charge in [-0.05, 0) is 41.5 Å². The second-order valence-corrected chi connectivity index (χ2v) is 12.5. The van der Waals surface area contributed by atoms with Crippen molar-refractivity contribution in [3.05, 3.63) is 42.0 Å². The van der Waals surface area contributed by atoms with Crippen LogP contribution in [0.15, 0.2) is 36.4 Å². The summed E-state index contributed by atoms with van der Waals surface area (Å²) in [5.74, 6) is 0.773. The molecule has 2 unspecified atom stereocenters. The molecule has 0 amide bonds. The minimum Gasteiger partial charge on any atom is -0.468 e. The number of benzene rings is 2. The second kappa shape index (κ2) is 7.00. The van der Waals surface area contributed by atoms with Crippen molar-refractivity contribution in [2.24, 2.45) is 0 Å². The topological polar surface area (TPSA) is 38.7 Å². The van der Waals surface area contributed by atoms with E-state index in [0.717, 1.165) is 16.5 Å². The lowest BCUT2D eigenvalue weighted by Crippen LogP contribution is -2.38. The van der Waals surface area contributed by atoms with E-state index in [4.69, 9.17) is 21.1 Å². The standard InChI is InChI=1S/C17H23ClO3Si/c1-12(22(2,3)4)20-11-21-16-8-7-13-9-15(17(18)19)6-5-14(13)10-16/h5-10,12,17,19H,11H2,1-4H3. The Morgan fingerprint density at radius 3 is 2.36 bits per heavy atom. The van der Waals surface area contributed by atoms with Gasteiger partial charge in [0.05, 0.1) is 8.07 Å². The maximum Gasteiger partial charge on any atom is 0.188 e. The molecule has 0 aliphatic rings. The molecule has 2 atom stereocenters. The molecule has 22 heavy (non-hydrogen) atoms. The molecule has 0 aromatic heterocycles. The fourth-order valence-corrected chi connectivity index (χ4v) is 2.64. The molecule has 0 fully saturated rings. The molecule has 0 heterocycles. The van der Waals surface area contributed by atoms with Crippen LogP contribution in [-0.4, -0.2) is 25.7 Å². The fourth-order valence-electron chi connectivity index (χ4n) is 1.93. The van der Waals surface area contributed by atoms with Crippen molar-refractivity contribution in [2.45, 2.75) is 37.9 Å². The first kappa shape index (κ1) is 17.3. The van der Waals surface area contributed by atoms with E-state index < -0.39 is 13.6 Å². The Morgan fingerprint density at radius 2 is 1.73 bits per heavy atom. The highest BCUT2D eigenvalue weighted by molar-refractivity contribution is 6.77. The van der Waals surface area contributed by atoms with E-state index in [1.54, 1.807) is 0 Å². The third-order valence-electron chi connectivity index (χ3n) is 3.87. The van der Waals surface area contributed by atoms with Crippen LogP contribution in [0.5, 0.6) is 5.75 Å². The zero-order valence-corrected chi connectivity index (χ0v) is 15.2. The molecule has 2 aromatic rings. The van der Waals surface area contributed by atoms with Gasteiger partial charge >= 0.3 is 0 Å². The van der Waals surface area contributed by atoms with Gasteiger partial charge in [-0.2, -0.15) is 0 Å². The minimum absolute atomic E-state index is 0.251. The van der Waals surface area contributed by atoms with Crippen LogP contribution in [0, 0.1) is 0 Å². The van der Waals surface area contributed by atoms with Crippen LogP contribution in [0.2, 0.25) is 19.6 Å². The molecule has 3 nitrogen and oxygen atoms in total. The van der Waals surface area contributed by atoms with Crippen molar-refractivity contribution in [3.8, 4) is 5.75 Å². The van der Waals surface area contributed by atoms with E-state index in [9.17, 15) is 5.11 Å². The maximum atomic E-state index is 9.40. The lowest BCUT2D eigenvalue weighted by molar-refractivity contribution is 0.000370. The highest BCUT2D eigenvalue weighted by atomic mass is 35.5. The van der Waals surface area contributed by atoms with Crippen LogP contribution in [0.25, 0.3) is 10.8 Å². The van der Waals surface area contributed by atoms with Crippen LogP contribution in [0.4, 0.5) is 0 Å². The van der Waals surface area contributed by atoms with Crippen LogP contribution in [-0.2, 0) is 4.74 Å². The van der Waals surface area contributed by atoms with Crippen LogP contribution >= 0.6 is 11.6 Å². The summed E-state index contributed by atoms with van der Waals surface area (Å²) in [6.07, 6.45) is 0. The number of rotatable bonds is 6. The molecule has 0 aliphatic carbocycles. The van der Waals surface area contributed by atoms with Gasteiger partial charge < -0.3 is 14.6 Å². The number of ether oxygens (including phenoxy) is 2. The lowest BCUT2D eigenvalue weighted by atomic mass is 10.1. The first-order chi connectivity index (χ1) is 10.3. The van der Waals surface area contributed by atoms with Gasteiger partial charge in [-0.3, -0.25) is 0 Å². The summed E-state index contributed by atoms with van der Waals surface area (Å²) in [5.41, 5.74) is -0.0346. The number of aliphatic hydroxyl groups excluding tert-OH is 1. The fraction of sp³-hybridized carbons (Fsp3) is 0.412. The van der Waals surface area contributed by atoms with Crippen LogP contribution in [0.3, 0.4) is 0 Å². The number of alkyl halides is 1. The van der Waals surface area contributed by atoms with Crippen molar-refractivity contribution in [1.29, 1.82) is 0 Å². The Labute approximate surface area is 137 Å². The Morgan fingerprint density at radius 1 is 1.09 bits per heavy atom. The van der Waals surface area contributed by atoms with Gasteiger partial charge in [0.1, 0.15) is 5.75 Å². The third kappa shape index (κ3) is 4.46. The average Bonchev–Trinajstić information content (AvgIpc) is 2.45. The van der Waals surface area contributed by atoms with Crippen LogP contribution in [0.1, 0.15) is 18.1 Å². The molecule has 0 radical (unpaired) electrons. The molecule has 0 bridgehead atoms. The Bertz CT molecular complexity index is 637. The lowest BCUT2D eigenvalue weighted by Gasteiger charge is -2.25. The molecule has 120 valence electrons. The summed E-state index contributed by atoms with van der Waals surface area (Å²) in [7, 11) is -1.30. The number of fused-ring (bicyclic) bond motifs is 1. The van der Waals surface area contributed by atoms with Gasteiger partial charge in [0.2, 0.25) is 0 Å². The van der Waals surface area contributed by atoms with Gasteiger partial charge in [-0.25, -0.2) is 0 Å². The molecule has 0 spiro atoms. The molecule has 0 saturated carbocycles. The summed E-state index contributed by atoms with van der Waals surface area (Å²) in [4.78, 5) is 0. The van der Waals surface area contributed by atoms with Crippen molar-refractivity contribution >= 4 is 30.4 Å². The molecule has 1 N–H and O–H groups in total. The normalized spacial score (nSPS) is 14.8. The van der Waals surface area contributed by atoms with Crippen molar-refractivity contribution in [1.82, 2.24) is 0 Å². The molecule has 5 heteroatoms. The van der Waals surface area contributed by atoms with E-state index in [-0.39, 0.29) is 12.5 Å². The monoisotopic (exact) mass is 338 g/mol. The quantitative estimate of drug-likeness (QED) is 0.472. The summed E-state index contributed by atoms with van der Waals surface area (Å²) in [5, 5.41) is 11.5. The van der Waals surface area contributed by atoms with E-state index >= 15 is 0 Å². The van der Waals surface area contributed by atoms with Crippen molar-refractivity contribution < 1.29 is 14.6 Å². The minimum atomic E-state index is -1.30. The number of halogens is 1. The Kier molecular flexibility index (Phi) is 5.50. The van der Waals surface area contributed by atoms with E-state index in [2.05, 4.69) is 26.6 Å². The summed E-state index contributed by atoms with van der Waals surface area (Å²) in [6, 6.07) is 11.4. The molecule has 0 saturated heterocycles. The number of hydrogen-bond acceptors (Lipinski definition) is 3. The number of hydrogen-bond donors (Lipinski definition) is 1.